The predicted molar refractivity (Wildman–Crippen MR) is 89.8 cm³/mol. The first-order valence-electron chi connectivity index (χ1n) is 7.28. The van der Waals surface area contributed by atoms with Gasteiger partial charge in [-0.25, -0.2) is 4.98 Å². The van der Waals surface area contributed by atoms with E-state index < -0.39 is 0 Å². The lowest BCUT2D eigenvalue weighted by Gasteiger charge is -2.17. The van der Waals surface area contributed by atoms with Gasteiger partial charge in [0.05, 0.1) is 17.6 Å². The highest BCUT2D eigenvalue weighted by Gasteiger charge is 2.46. The van der Waals surface area contributed by atoms with E-state index >= 15 is 0 Å². The molecule has 0 radical (unpaired) electrons. The Labute approximate surface area is 137 Å². The monoisotopic (exact) mass is 354 g/mol. The number of hydrogen-bond acceptors (Lipinski definition) is 2. The van der Waals surface area contributed by atoms with Crippen LogP contribution in [0.5, 0.6) is 5.75 Å². The lowest BCUT2D eigenvalue weighted by Crippen LogP contribution is -2.16. The van der Waals surface area contributed by atoms with Crippen molar-refractivity contribution in [2.24, 2.45) is 0 Å². The lowest BCUT2D eigenvalue weighted by molar-refractivity contribution is 0.477. The van der Waals surface area contributed by atoms with Gasteiger partial charge in [0, 0.05) is 16.2 Å². The number of rotatable bonds is 3. The van der Waals surface area contributed by atoms with Crippen LogP contribution >= 0.6 is 15.9 Å². The number of phenols is 1. The molecule has 3 nitrogen and oxygen atoms in total. The summed E-state index contributed by atoms with van der Waals surface area (Å²) in [4.78, 5) is 4.50. The molecule has 0 bridgehead atoms. The normalized spacial score (nSPS) is 15.7. The quantitative estimate of drug-likeness (QED) is 0.748. The second-order valence-corrected chi connectivity index (χ2v) is 6.64. The molecule has 1 aliphatic rings. The molecule has 1 aromatic heterocycles. The SMILES string of the molecule is Oc1ccc(Br)cc1-c1cn(C2(c3ccccc3)CC2)cn1. The second kappa shape index (κ2) is 4.99. The van der Waals surface area contributed by atoms with Crippen molar-refractivity contribution in [3.63, 3.8) is 0 Å². The molecular formula is C18H15BrN2O. The Morgan fingerprint density at radius 1 is 1.09 bits per heavy atom. The molecular weight excluding hydrogens is 340 g/mol. The van der Waals surface area contributed by atoms with Gasteiger partial charge < -0.3 is 9.67 Å². The van der Waals surface area contributed by atoms with Crippen LogP contribution in [0, 0.1) is 0 Å². The number of aromatic hydroxyl groups is 1. The van der Waals surface area contributed by atoms with Crippen LogP contribution in [0.3, 0.4) is 0 Å². The van der Waals surface area contributed by atoms with Gasteiger partial charge in [-0.2, -0.15) is 0 Å². The fourth-order valence-electron chi connectivity index (χ4n) is 2.97. The Bertz CT molecular complexity index is 822. The summed E-state index contributed by atoms with van der Waals surface area (Å²) in [6.45, 7) is 0. The fraction of sp³-hybridized carbons (Fsp3) is 0.167. The zero-order chi connectivity index (χ0) is 15.2. The molecule has 1 N–H and O–H groups in total. The minimum atomic E-state index is 0.0359. The summed E-state index contributed by atoms with van der Waals surface area (Å²) < 4.78 is 3.11. The number of imidazole rings is 1. The van der Waals surface area contributed by atoms with Gasteiger partial charge in [0.15, 0.2) is 0 Å². The Balaban J connectivity index is 1.75. The van der Waals surface area contributed by atoms with Crippen molar-refractivity contribution in [3.05, 3.63) is 71.1 Å². The summed E-state index contributed by atoms with van der Waals surface area (Å²) in [5.74, 6) is 0.248. The zero-order valence-corrected chi connectivity index (χ0v) is 13.5. The highest BCUT2D eigenvalue weighted by molar-refractivity contribution is 9.10. The van der Waals surface area contributed by atoms with Crippen LogP contribution in [-0.4, -0.2) is 14.7 Å². The third-order valence-corrected chi connectivity index (χ3v) is 4.84. The Kier molecular flexibility index (Phi) is 3.08. The lowest BCUT2D eigenvalue weighted by atomic mass is 10.0. The number of hydrogen-bond donors (Lipinski definition) is 1. The average molecular weight is 355 g/mol. The summed E-state index contributed by atoms with van der Waals surface area (Å²) in [7, 11) is 0. The Morgan fingerprint density at radius 3 is 2.59 bits per heavy atom. The number of aromatic nitrogens is 2. The Morgan fingerprint density at radius 2 is 1.86 bits per heavy atom. The molecule has 110 valence electrons. The summed E-state index contributed by atoms with van der Waals surface area (Å²) in [5, 5.41) is 10.1. The van der Waals surface area contributed by atoms with Gasteiger partial charge in [0.25, 0.3) is 0 Å². The van der Waals surface area contributed by atoms with E-state index in [1.54, 1.807) is 6.07 Å². The van der Waals surface area contributed by atoms with Crippen molar-refractivity contribution in [1.82, 2.24) is 9.55 Å². The molecule has 4 heteroatoms. The molecule has 1 fully saturated rings. The zero-order valence-electron chi connectivity index (χ0n) is 11.9. The van der Waals surface area contributed by atoms with E-state index in [9.17, 15) is 5.11 Å². The van der Waals surface area contributed by atoms with Gasteiger partial charge in [0.2, 0.25) is 0 Å². The van der Waals surface area contributed by atoms with Gasteiger partial charge in [-0.05, 0) is 36.6 Å². The Hall–Kier alpha value is -2.07. The third kappa shape index (κ3) is 2.15. The molecule has 0 saturated heterocycles. The van der Waals surface area contributed by atoms with E-state index in [1.807, 2.05) is 30.7 Å². The van der Waals surface area contributed by atoms with Crippen LogP contribution in [0.15, 0.2) is 65.5 Å². The van der Waals surface area contributed by atoms with E-state index in [4.69, 9.17) is 0 Å². The molecule has 1 saturated carbocycles. The molecule has 0 amide bonds. The number of halogens is 1. The van der Waals surface area contributed by atoms with Gasteiger partial charge in [-0.1, -0.05) is 46.3 Å². The first-order chi connectivity index (χ1) is 10.7. The fourth-order valence-corrected chi connectivity index (χ4v) is 3.33. The topological polar surface area (TPSA) is 38.0 Å². The highest BCUT2D eigenvalue weighted by atomic mass is 79.9. The van der Waals surface area contributed by atoms with E-state index in [-0.39, 0.29) is 11.3 Å². The van der Waals surface area contributed by atoms with Gasteiger partial charge in [-0.15, -0.1) is 0 Å². The maximum Gasteiger partial charge on any atom is 0.125 e. The molecule has 0 atom stereocenters. The molecule has 1 aliphatic carbocycles. The molecule has 3 aromatic rings. The van der Waals surface area contributed by atoms with Crippen molar-refractivity contribution < 1.29 is 5.11 Å². The first-order valence-corrected chi connectivity index (χ1v) is 8.07. The van der Waals surface area contributed by atoms with Gasteiger partial charge in [-0.3, -0.25) is 0 Å². The summed E-state index contributed by atoms with van der Waals surface area (Å²) in [5.41, 5.74) is 2.89. The highest BCUT2D eigenvalue weighted by Crippen LogP contribution is 2.49. The molecule has 0 spiro atoms. The summed E-state index contributed by atoms with van der Waals surface area (Å²) in [6, 6.07) is 15.9. The maximum atomic E-state index is 10.1. The predicted octanol–water partition coefficient (Wildman–Crippen LogP) is 4.56. The molecule has 1 heterocycles. The molecule has 2 aromatic carbocycles. The maximum absolute atomic E-state index is 10.1. The van der Waals surface area contributed by atoms with E-state index in [0.717, 1.165) is 28.6 Å². The molecule has 0 aliphatic heterocycles. The minimum Gasteiger partial charge on any atom is -0.507 e. The first kappa shape index (κ1) is 13.6. The average Bonchev–Trinajstić information content (AvgIpc) is 3.21. The summed E-state index contributed by atoms with van der Waals surface area (Å²) in [6.07, 6.45) is 6.14. The standard InChI is InChI=1S/C18H15BrN2O/c19-14-6-7-17(22)15(10-14)16-11-21(12-20-16)18(8-9-18)13-4-2-1-3-5-13/h1-7,10-12,22H,8-9H2. The van der Waals surface area contributed by atoms with Gasteiger partial charge >= 0.3 is 0 Å². The van der Waals surface area contributed by atoms with Crippen LogP contribution in [0.25, 0.3) is 11.3 Å². The van der Waals surface area contributed by atoms with Crippen LogP contribution in [0.4, 0.5) is 0 Å². The van der Waals surface area contributed by atoms with Crippen LogP contribution < -0.4 is 0 Å². The van der Waals surface area contributed by atoms with Crippen LogP contribution in [0.2, 0.25) is 0 Å². The van der Waals surface area contributed by atoms with Crippen molar-refractivity contribution >= 4 is 15.9 Å². The van der Waals surface area contributed by atoms with Crippen molar-refractivity contribution in [2.45, 2.75) is 18.4 Å². The number of phenolic OH excluding ortho intramolecular Hbond substituents is 1. The van der Waals surface area contributed by atoms with Crippen molar-refractivity contribution in [2.75, 3.05) is 0 Å². The van der Waals surface area contributed by atoms with Crippen molar-refractivity contribution in [1.29, 1.82) is 0 Å². The third-order valence-electron chi connectivity index (χ3n) is 4.35. The van der Waals surface area contributed by atoms with Crippen LogP contribution in [0.1, 0.15) is 18.4 Å². The van der Waals surface area contributed by atoms with Crippen LogP contribution in [-0.2, 0) is 5.54 Å². The molecule has 0 unspecified atom stereocenters. The second-order valence-electron chi connectivity index (χ2n) is 5.73. The largest absolute Gasteiger partial charge is 0.507 e. The smallest absolute Gasteiger partial charge is 0.125 e. The molecule has 4 rings (SSSR count). The van der Waals surface area contributed by atoms with E-state index in [0.29, 0.717) is 0 Å². The van der Waals surface area contributed by atoms with Crippen molar-refractivity contribution in [3.8, 4) is 17.0 Å². The summed E-state index contributed by atoms with van der Waals surface area (Å²) >= 11 is 3.44. The molecule has 22 heavy (non-hydrogen) atoms. The number of nitrogens with zero attached hydrogens (tertiary/aromatic N) is 2. The van der Waals surface area contributed by atoms with E-state index in [1.165, 1.54) is 5.56 Å². The van der Waals surface area contributed by atoms with E-state index in [2.05, 4.69) is 49.7 Å². The van der Waals surface area contributed by atoms with Gasteiger partial charge in [0.1, 0.15) is 5.75 Å². The minimum absolute atomic E-state index is 0.0359. The number of benzene rings is 2.